The molecule has 4 rings (SSSR count). The van der Waals surface area contributed by atoms with Gasteiger partial charge in [-0.1, -0.05) is 35.3 Å². The van der Waals surface area contributed by atoms with E-state index in [1.807, 2.05) is 12.1 Å². The molecule has 4 aromatic rings. The molecule has 1 N–H and O–H groups in total. The molecule has 3 aromatic carbocycles. The largest absolute Gasteiger partial charge is 0.495 e. The molecule has 1 amide bonds. The summed E-state index contributed by atoms with van der Waals surface area (Å²) in [5, 5.41) is 4.77. The number of carbonyl (C=O) groups excluding carboxylic acids is 1. The Balaban J connectivity index is 1.77. The zero-order valence-electron chi connectivity index (χ0n) is 15.4. The van der Waals surface area contributed by atoms with Crippen LogP contribution in [0.4, 0.5) is 5.69 Å². The maximum Gasteiger partial charge on any atom is 0.244 e. The maximum atomic E-state index is 12.8. The van der Waals surface area contributed by atoms with Gasteiger partial charge >= 0.3 is 0 Å². The molecular formula is C22H16Cl2N2O3. The number of pyridine rings is 1. The fraction of sp³-hybridized carbons (Fsp3) is 0.0909. The summed E-state index contributed by atoms with van der Waals surface area (Å²) in [7, 11) is 1.52. The van der Waals surface area contributed by atoms with Crippen LogP contribution in [0.5, 0.6) is 5.75 Å². The van der Waals surface area contributed by atoms with E-state index in [0.29, 0.717) is 43.3 Å². The highest BCUT2D eigenvalue weighted by molar-refractivity contribution is 6.32. The first-order chi connectivity index (χ1) is 14.0. The molecular weight excluding hydrogens is 411 g/mol. The molecule has 0 saturated heterocycles. The minimum atomic E-state index is -0.263. The van der Waals surface area contributed by atoms with E-state index in [9.17, 15) is 9.59 Å². The molecule has 1 heterocycles. The normalized spacial score (nSPS) is 11.0. The maximum absolute atomic E-state index is 12.8. The van der Waals surface area contributed by atoms with Crippen LogP contribution in [0, 0.1) is 0 Å². The van der Waals surface area contributed by atoms with Crippen molar-refractivity contribution in [1.82, 2.24) is 4.57 Å². The Hall–Kier alpha value is -3.02. The second kappa shape index (κ2) is 7.78. The topological polar surface area (TPSA) is 60.3 Å². The van der Waals surface area contributed by atoms with Crippen molar-refractivity contribution in [3.05, 3.63) is 80.9 Å². The summed E-state index contributed by atoms with van der Waals surface area (Å²) >= 11 is 12.3. The Morgan fingerprint density at radius 2 is 1.76 bits per heavy atom. The van der Waals surface area contributed by atoms with Crippen LogP contribution in [0.15, 0.2) is 65.5 Å². The molecule has 0 unspecified atom stereocenters. The van der Waals surface area contributed by atoms with Gasteiger partial charge in [0.1, 0.15) is 12.3 Å². The van der Waals surface area contributed by atoms with Crippen LogP contribution in [-0.2, 0) is 11.3 Å². The number of aromatic nitrogens is 1. The van der Waals surface area contributed by atoms with Crippen LogP contribution in [0.3, 0.4) is 0 Å². The zero-order chi connectivity index (χ0) is 20.5. The van der Waals surface area contributed by atoms with Gasteiger partial charge in [-0.15, -0.1) is 0 Å². The summed E-state index contributed by atoms with van der Waals surface area (Å²) in [5.41, 5.74) is 1.72. The predicted octanol–water partition coefficient (Wildman–Crippen LogP) is 5.11. The lowest BCUT2D eigenvalue weighted by Crippen LogP contribution is -2.21. The van der Waals surface area contributed by atoms with Crippen molar-refractivity contribution in [1.29, 1.82) is 0 Å². The number of ether oxygens (including phenoxy) is 1. The average molecular weight is 427 g/mol. The first-order valence-corrected chi connectivity index (χ1v) is 9.57. The molecule has 0 aliphatic rings. The summed E-state index contributed by atoms with van der Waals surface area (Å²) in [4.78, 5) is 25.6. The molecule has 0 fully saturated rings. The lowest BCUT2D eigenvalue weighted by molar-refractivity contribution is -0.116. The Morgan fingerprint density at radius 3 is 2.52 bits per heavy atom. The molecule has 1 aromatic heterocycles. The van der Waals surface area contributed by atoms with Gasteiger partial charge in [0.05, 0.1) is 23.2 Å². The number of methoxy groups -OCH3 is 1. The molecule has 0 spiro atoms. The van der Waals surface area contributed by atoms with E-state index in [1.54, 1.807) is 53.1 Å². The predicted molar refractivity (Wildman–Crippen MR) is 117 cm³/mol. The summed E-state index contributed by atoms with van der Waals surface area (Å²) < 4.78 is 6.92. The van der Waals surface area contributed by atoms with Crippen LogP contribution in [0.1, 0.15) is 0 Å². The number of nitrogens with one attached hydrogen (secondary N) is 1. The van der Waals surface area contributed by atoms with E-state index in [0.717, 1.165) is 0 Å². The standard InChI is InChI=1S/C22H16Cl2N2O3/c1-29-20-9-7-14(11-17(20)24)25-21(27)12-26-18-5-3-2-4-15(18)22(28)16-8-6-13(23)10-19(16)26/h2-11H,12H2,1H3,(H,25,27). The van der Waals surface area contributed by atoms with E-state index < -0.39 is 0 Å². The van der Waals surface area contributed by atoms with Crippen molar-refractivity contribution >= 4 is 56.6 Å². The first kappa shape index (κ1) is 19.3. The molecule has 29 heavy (non-hydrogen) atoms. The lowest BCUT2D eigenvalue weighted by Gasteiger charge is -2.15. The van der Waals surface area contributed by atoms with Gasteiger partial charge in [-0.2, -0.15) is 0 Å². The van der Waals surface area contributed by atoms with Gasteiger partial charge in [-0.05, 0) is 48.5 Å². The third kappa shape index (κ3) is 3.67. The molecule has 5 nitrogen and oxygen atoms in total. The van der Waals surface area contributed by atoms with Crippen LogP contribution in [0.2, 0.25) is 10.0 Å². The van der Waals surface area contributed by atoms with Crippen molar-refractivity contribution in [3.63, 3.8) is 0 Å². The van der Waals surface area contributed by atoms with E-state index in [1.165, 1.54) is 7.11 Å². The smallest absolute Gasteiger partial charge is 0.244 e. The van der Waals surface area contributed by atoms with Crippen molar-refractivity contribution in [2.75, 3.05) is 12.4 Å². The van der Waals surface area contributed by atoms with Crippen molar-refractivity contribution in [2.45, 2.75) is 6.54 Å². The number of hydrogen-bond acceptors (Lipinski definition) is 3. The fourth-order valence-corrected chi connectivity index (χ4v) is 3.78. The quantitative estimate of drug-likeness (QED) is 0.461. The summed E-state index contributed by atoms with van der Waals surface area (Å²) in [6.07, 6.45) is 0. The Labute approximate surface area is 176 Å². The van der Waals surface area contributed by atoms with Gasteiger partial charge in [0.25, 0.3) is 0 Å². The number of nitrogens with zero attached hydrogens (tertiary/aromatic N) is 1. The molecule has 0 saturated carbocycles. The number of rotatable bonds is 4. The molecule has 0 aliphatic carbocycles. The van der Waals surface area contributed by atoms with Crippen LogP contribution < -0.4 is 15.5 Å². The fourth-order valence-electron chi connectivity index (χ4n) is 3.35. The number of benzene rings is 3. The van der Waals surface area contributed by atoms with Gasteiger partial charge in [-0.3, -0.25) is 9.59 Å². The van der Waals surface area contributed by atoms with Crippen LogP contribution >= 0.6 is 23.2 Å². The highest BCUT2D eigenvalue weighted by atomic mass is 35.5. The molecule has 146 valence electrons. The van der Waals surface area contributed by atoms with Gasteiger partial charge in [0.15, 0.2) is 5.43 Å². The van der Waals surface area contributed by atoms with Crippen LogP contribution in [-0.4, -0.2) is 17.6 Å². The van der Waals surface area contributed by atoms with Crippen molar-refractivity contribution in [3.8, 4) is 5.75 Å². The Morgan fingerprint density at radius 1 is 1.00 bits per heavy atom. The van der Waals surface area contributed by atoms with E-state index in [2.05, 4.69) is 5.32 Å². The summed E-state index contributed by atoms with van der Waals surface area (Å²) in [6, 6.07) is 17.3. The number of para-hydroxylation sites is 1. The van der Waals surface area contributed by atoms with Gasteiger partial charge < -0.3 is 14.6 Å². The third-order valence-electron chi connectivity index (χ3n) is 4.67. The van der Waals surface area contributed by atoms with Gasteiger partial charge in [0.2, 0.25) is 5.91 Å². The van der Waals surface area contributed by atoms with Gasteiger partial charge in [-0.25, -0.2) is 0 Å². The third-order valence-corrected chi connectivity index (χ3v) is 5.20. The number of halogens is 2. The summed E-state index contributed by atoms with van der Waals surface area (Å²) in [6.45, 7) is 0.00127. The highest BCUT2D eigenvalue weighted by Gasteiger charge is 2.14. The molecule has 0 aliphatic heterocycles. The van der Waals surface area contributed by atoms with E-state index in [4.69, 9.17) is 27.9 Å². The Bertz CT molecular complexity index is 1310. The van der Waals surface area contributed by atoms with Crippen molar-refractivity contribution in [2.24, 2.45) is 0 Å². The zero-order valence-corrected chi connectivity index (χ0v) is 16.9. The van der Waals surface area contributed by atoms with Gasteiger partial charge in [0, 0.05) is 21.5 Å². The highest BCUT2D eigenvalue weighted by Crippen LogP contribution is 2.27. The monoisotopic (exact) mass is 426 g/mol. The SMILES string of the molecule is COc1ccc(NC(=O)Cn2c3ccccc3c(=O)c3ccc(Cl)cc32)cc1Cl. The number of amides is 1. The van der Waals surface area contributed by atoms with Crippen molar-refractivity contribution < 1.29 is 9.53 Å². The molecule has 0 bridgehead atoms. The number of hydrogen-bond donors (Lipinski definition) is 1. The lowest BCUT2D eigenvalue weighted by atomic mass is 10.1. The minimum Gasteiger partial charge on any atom is -0.495 e. The minimum absolute atomic E-state index is 0.00127. The summed E-state index contributed by atoms with van der Waals surface area (Å²) in [5.74, 6) is 0.262. The molecule has 7 heteroatoms. The average Bonchev–Trinajstić information content (AvgIpc) is 2.71. The number of anilines is 1. The van der Waals surface area contributed by atoms with E-state index >= 15 is 0 Å². The first-order valence-electron chi connectivity index (χ1n) is 8.82. The second-order valence-electron chi connectivity index (χ2n) is 6.49. The Kier molecular flexibility index (Phi) is 5.18. The number of carbonyl (C=O) groups is 1. The van der Waals surface area contributed by atoms with Crippen LogP contribution in [0.25, 0.3) is 21.8 Å². The number of fused-ring (bicyclic) bond motifs is 2. The molecule has 0 atom stereocenters. The molecule has 0 radical (unpaired) electrons. The second-order valence-corrected chi connectivity index (χ2v) is 7.34. The van der Waals surface area contributed by atoms with E-state index in [-0.39, 0.29) is 17.9 Å².